The lowest BCUT2D eigenvalue weighted by Crippen LogP contribution is -2.23. The van der Waals surface area contributed by atoms with E-state index in [1.165, 1.54) is 25.7 Å². The first kappa shape index (κ1) is 15.0. The summed E-state index contributed by atoms with van der Waals surface area (Å²) in [6.07, 6.45) is 8.77. The number of carbonyl (C=O) groups is 2. The number of ether oxygens (including phenoxy) is 2. The maximum Gasteiger partial charge on any atom is 0.344 e. The van der Waals surface area contributed by atoms with E-state index in [2.05, 4.69) is 4.74 Å². The van der Waals surface area contributed by atoms with Crippen LogP contribution in [0.4, 0.5) is 0 Å². The molecule has 0 aliphatic heterocycles. The third kappa shape index (κ3) is 6.59. The van der Waals surface area contributed by atoms with E-state index in [0.717, 1.165) is 25.7 Å². The molecule has 1 aliphatic carbocycles. The molecule has 0 bridgehead atoms. The molecule has 1 saturated carbocycles. The van der Waals surface area contributed by atoms with Gasteiger partial charge in [-0.2, -0.15) is 0 Å². The summed E-state index contributed by atoms with van der Waals surface area (Å²) in [5, 5.41) is 8.44. The van der Waals surface area contributed by atoms with E-state index in [-0.39, 0.29) is 6.10 Å². The maximum atomic E-state index is 11.4. The Bertz CT molecular complexity index is 254. The van der Waals surface area contributed by atoms with Gasteiger partial charge in [0, 0.05) is 0 Å². The second-order valence-corrected chi connectivity index (χ2v) is 4.63. The summed E-state index contributed by atoms with van der Waals surface area (Å²) >= 11 is 0. The van der Waals surface area contributed by atoms with Crippen LogP contribution in [0.15, 0.2) is 0 Å². The number of rotatable bonds is 4. The molecule has 0 atom stereocenters. The fraction of sp³-hybridized carbons (Fsp3) is 0.846. The van der Waals surface area contributed by atoms with E-state index in [9.17, 15) is 9.59 Å². The third-order valence-corrected chi connectivity index (χ3v) is 3.08. The highest BCUT2D eigenvalue weighted by atomic mass is 16.6. The number of hydrogen-bond acceptors (Lipinski definition) is 5. The zero-order valence-corrected chi connectivity index (χ0v) is 10.7. The molecule has 0 radical (unpaired) electrons. The standard InChI is InChI=1S/C13H22O5/c14-9-12(15)17-10-13(16)18-11-7-5-3-1-2-4-6-8-11/h11,14H,1-10H2. The van der Waals surface area contributed by atoms with Gasteiger partial charge in [-0.05, 0) is 25.7 Å². The average molecular weight is 258 g/mol. The minimum atomic E-state index is -0.804. The van der Waals surface area contributed by atoms with Crippen LogP contribution in [0.1, 0.15) is 51.4 Å². The Hall–Kier alpha value is -1.10. The molecule has 0 aromatic rings. The molecule has 0 amide bonds. The second kappa shape index (κ2) is 8.91. The summed E-state index contributed by atoms with van der Waals surface area (Å²) in [5.74, 6) is -1.33. The Morgan fingerprint density at radius 3 is 2.06 bits per heavy atom. The van der Waals surface area contributed by atoms with Crippen molar-refractivity contribution in [3.8, 4) is 0 Å². The SMILES string of the molecule is O=C(CO)OCC(=O)OC1CCCCCCCC1. The number of aliphatic hydroxyl groups excluding tert-OH is 1. The molecular formula is C13H22O5. The lowest BCUT2D eigenvalue weighted by Gasteiger charge is -2.16. The van der Waals surface area contributed by atoms with Gasteiger partial charge < -0.3 is 14.6 Å². The van der Waals surface area contributed by atoms with Crippen LogP contribution in [0, 0.1) is 0 Å². The van der Waals surface area contributed by atoms with Gasteiger partial charge in [0.15, 0.2) is 6.61 Å². The van der Waals surface area contributed by atoms with E-state index in [0.29, 0.717) is 0 Å². The molecule has 5 heteroatoms. The van der Waals surface area contributed by atoms with Gasteiger partial charge in [0.1, 0.15) is 12.7 Å². The fourth-order valence-corrected chi connectivity index (χ4v) is 2.12. The van der Waals surface area contributed by atoms with Gasteiger partial charge in [0.05, 0.1) is 0 Å². The molecule has 0 spiro atoms. The first-order valence-electron chi connectivity index (χ1n) is 6.68. The Balaban J connectivity index is 2.25. The van der Waals surface area contributed by atoms with Gasteiger partial charge in [-0.3, -0.25) is 0 Å². The fourth-order valence-electron chi connectivity index (χ4n) is 2.12. The van der Waals surface area contributed by atoms with Gasteiger partial charge in [0.2, 0.25) is 0 Å². The summed E-state index contributed by atoms with van der Waals surface area (Å²) in [6.45, 7) is -1.12. The molecule has 0 aromatic carbocycles. The summed E-state index contributed by atoms with van der Waals surface area (Å²) in [4.78, 5) is 22.1. The summed E-state index contributed by atoms with van der Waals surface area (Å²) in [5.41, 5.74) is 0. The van der Waals surface area contributed by atoms with Crippen LogP contribution in [-0.2, 0) is 19.1 Å². The molecule has 0 unspecified atom stereocenters. The van der Waals surface area contributed by atoms with E-state index in [4.69, 9.17) is 9.84 Å². The monoisotopic (exact) mass is 258 g/mol. The van der Waals surface area contributed by atoms with Gasteiger partial charge in [0.25, 0.3) is 0 Å². The number of hydrogen-bond donors (Lipinski definition) is 1. The Morgan fingerprint density at radius 2 is 1.50 bits per heavy atom. The van der Waals surface area contributed by atoms with Crippen molar-refractivity contribution in [1.29, 1.82) is 0 Å². The van der Waals surface area contributed by atoms with Crippen molar-refractivity contribution in [2.45, 2.75) is 57.5 Å². The zero-order valence-electron chi connectivity index (χ0n) is 10.7. The Kier molecular flexibility index (Phi) is 7.41. The molecule has 5 nitrogen and oxygen atoms in total. The molecule has 0 aromatic heterocycles. The van der Waals surface area contributed by atoms with Crippen LogP contribution in [0.5, 0.6) is 0 Å². The second-order valence-electron chi connectivity index (χ2n) is 4.63. The van der Waals surface area contributed by atoms with Crippen LogP contribution >= 0.6 is 0 Å². The van der Waals surface area contributed by atoms with Crippen molar-refractivity contribution >= 4 is 11.9 Å². The van der Waals surface area contributed by atoms with Gasteiger partial charge >= 0.3 is 11.9 Å². The number of carbonyl (C=O) groups excluding carboxylic acids is 2. The lowest BCUT2D eigenvalue weighted by atomic mass is 10.1. The Labute approximate surface area is 107 Å². The van der Waals surface area contributed by atoms with Crippen molar-refractivity contribution in [3.05, 3.63) is 0 Å². The lowest BCUT2D eigenvalue weighted by molar-refractivity contribution is -0.164. The minimum absolute atomic E-state index is 0.0524. The normalized spacial score (nSPS) is 18.3. The maximum absolute atomic E-state index is 11.4. The predicted octanol–water partition coefficient (Wildman–Crippen LogP) is 1.57. The summed E-state index contributed by atoms with van der Waals surface area (Å²) < 4.78 is 9.79. The van der Waals surface area contributed by atoms with Gasteiger partial charge in [-0.1, -0.05) is 25.7 Å². The summed E-state index contributed by atoms with van der Waals surface area (Å²) in [6, 6.07) is 0. The highest BCUT2D eigenvalue weighted by molar-refractivity contribution is 5.76. The highest BCUT2D eigenvalue weighted by Crippen LogP contribution is 2.19. The van der Waals surface area contributed by atoms with Crippen molar-refractivity contribution in [3.63, 3.8) is 0 Å². The van der Waals surface area contributed by atoms with Gasteiger partial charge in [-0.25, -0.2) is 9.59 Å². The first-order valence-corrected chi connectivity index (χ1v) is 6.68. The zero-order chi connectivity index (χ0) is 13.2. The minimum Gasteiger partial charge on any atom is -0.460 e. The van der Waals surface area contributed by atoms with E-state index < -0.39 is 25.2 Å². The smallest absolute Gasteiger partial charge is 0.344 e. The van der Waals surface area contributed by atoms with E-state index in [1.807, 2.05) is 0 Å². The van der Waals surface area contributed by atoms with Crippen LogP contribution < -0.4 is 0 Å². The molecule has 1 aliphatic rings. The van der Waals surface area contributed by atoms with Crippen molar-refractivity contribution in [2.24, 2.45) is 0 Å². The molecule has 0 heterocycles. The molecule has 1 N–H and O–H groups in total. The van der Waals surface area contributed by atoms with Crippen LogP contribution in [0.3, 0.4) is 0 Å². The number of aliphatic hydroxyl groups is 1. The molecule has 1 fully saturated rings. The average Bonchev–Trinajstić information content (AvgIpc) is 2.50. The predicted molar refractivity (Wildman–Crippen MR) is 64.9 cm³/mol. The van der Waals surface area contributed by atoms with E-state index in [1.54, 1.807) is 0 Å². The molecule has 0 saturated heterocycles. The third-order valence-electron chi connectivity index (χ3n) is 3.08. The van der Waals surface area contributed by atoms with Gasteiger partial charge in [-0.15, -0.1) is 0 Å². The van der Waals surface area contributed by atoms with Crippen LogP contribution in [0.2, 0.25) is 0 Å². The van der Waals surface area contributed by atoms with Crippen molar-refractivity contribution < 1.29 is 24.2 Å². The quantitative estimate of drug-likeness (QED) is 0.775. The molecule has 104 valence electrons. The van der Waals surface area contributed by atoms with Crippen LogP contribution in [-0.4, -0.2) is 36.4 Å². The van der Waals surface area contributed by atoms with E-state index >= 15 is 0 Å². The topological polar surface area (TPSA) is 72.8 Å². The summed E-state index contributed by atoms with van der Waals surface area (Å²) in [7, 11) is 0. The number of esters is 2. The highest BCUT2D eigenvalue weighted by Gasteiger charge is 2.16. The van der Waals surface area contributed by atoms with Crippen LogP contribution in [0.25, 0.3) is 0 Å². The van der Waals surface area contributed by atoms with Crippen molar-refractivity contribution in [2.75, 3.05) is 13.2 Å². The molecule has 18 heavy (non-hydrogen) atoms. The van der Waals surface area contributed by atoms with Crippen molar-refractivity contribution in [1.82, 2.24) is 0 Å². The molecular weight excluding hydrogens is 236 g/mol. The first-order chi connectivity index (χ1) is 8.72. The molecule has 1 rings (SSSR count). The Morgan fingerprint density at radius 1 is 0.944 bits per heavy atom. The largest absolute Gasteiger partial charge is 0.460 e.